The zero-order chi connectivity index (χ0) is 31.6. The van der Waals surface area contributed by atoms with E-state index in [0.717, 1.165) is 71.1 Å². The van der Waals surface area contributed by atoms with Gasteiger partial charge in [-0.1, -0.05) is 127 Å². The lowest BCUT2D eigenvalue weighted by molar-refractivity contribution is 0.670. The second-order valence-electron chi connectivity index (χ2n) is 12.1. The minimum absolute atomic E-state index is 0.682. The third-order valence-corrected chi connectivity index (χ3v) is 10.4. The Bertz CT molecular complexity index is 2830. The van der Waals surface area contributed by atoms with Crippen molar-refractivity contribution in [1.29, 1.82) is 0 Å². The zero-order valence-corrected chi connectivity index (χ0v) is 26.5. The van der Waals surface area contributed by atoms with Crippen LogP contribution in [0.15, 0.2) is 162 Å². The molecule has 7 aromatic carbocycles. The highest BCUT2D eigenvalue weighted by molar-refractivity contribution is 7.26. The highest BCUT2D eigenvalue weighted by Crippen LogP contribution is 2.43. The first-order chi connectivity index (χ1) is 23.8. The normalized spacial score (nSPS) is 11.8. The smallest absolute Gasteiger partial charge is 0.160 e. The van der Waals surface area contributed by atoms with E-state index in [0.29, 0.717) is 5.82 Å². The summed E-state index contributed by atoms with van der Waals surface area (Å²) in [4.78, 5) is 10.5. The van der Waals surface area contributed by atoms with Crippen molar-refractivity contribution in [2.45, 2.75) is 0 Å². The van der Waals surface area contributed by atoms with E-state index in [-0.39, 0.29) is 0 Å². The number of hydrogen-bond acceptors (Lipinski definition) is 4. The van der Waals surface area contributed by atoms with Gasteiger partial charge in [0, 0.05) is 37.5 Å². The molecule has 10 rings (SSSR count). The molecule has 0 bridgehead atoms. The highest BCUT2D eigenvalue weighted by atomic mass is 32.1. The van der Waals surface area contributed by atoms with Crippen LogP contribution in [0.25, 0.3) is 97.9 Å². The molecule has 48 heavy (non-hydrogen) atoms. The van der Waals surface area contributed by atoms with Crippen LogP contribution in [0.5, 0.6) is 0 Å². The molecule has 0 radical (unpaired) electrons. The van der Waals surface area contributed by atoms with Crippen molar-refractivity contribution >= 4 is 64.4 Å². The van der Waals surface area contributed by atoms with Gasteiger partial charge < -0.3 is 4.42 Å². The van der Waals surface area contributed by atoms with Gasteiger partial charge in [-0.2, -0.15) is 0 Å². The lowest BCUT2D eigenvalue weighted by Crippen LogP contribution is -1.94. The summed E-state index contributed by atoms with van der Waals surface area (Å²) in [6.45, 7) is 0. The van der Waals surface area contributed by atoms with Gasteiger partial charge in [0.05, 0.1) is 15.9 Å². The van der Waals surface area contributed by atoms with E-state index >= 15 is 0 Å². The Morgan fingerprint density at radius 1 is 0.458 bits per heavy atom. The van der Waals surface area contributed by atoms with E-state index in [4.69, 9.17) is 14.4 Å². The molecule has 224 valence electrons. The van der Waals surface area contributed by atoms with E-state index < -0.39 is 0 Å². The second kappa shape index (κ2) is 10.7. The quantitative estimate of drug-likeness (QED) is 0.194. The first-order valence-electron chi connectivity index (χ1n) is 16.1. The van der Waals surface area contributed by atoms with Gasteiger partial charge in [0.2, 0.25) is 0 Å². The summed E-state index contributed by atoms with van der Waals surface area (Å²) in [5.41, 5.74) is 10.2. The van der Waals surface area contributed by atoms with Gasteiger partial charge in [0.15, 0.2) is 5.82 Å². The molecule has 0 N–H and O–H groups in total. The molecule has 3 aromatic heterocycles. The number of fused-ring (bicyclic) bond motifs is 7. The van der Waals surface area contributed by atoms with Crippen LogP contribution in [0.4, 0.5) is 0 Å². The topological polar surface area (TPSA) is 38.9 Å². The zero-order valence-electron chi connectivity index (χ0n) is 25.7. The predicted molar refractivity (Wildman–Crippen MR) is 201 cm³/mol. The first kappa shape index (κ1) is 27.1. The molecule has 0 unspecified atom stereocenters. The summed E-state index contributed by atoms with van der Waals surface area (Å²) in [6.07, 6.45) is 0. The molecule has 0 aliphatic heterocycles. The number of aromatic nitrogens is 2. The van der Waals surface area contributed by atoms with Crippen LogP contribution < -0.4 is 0 Å². The molecular formula is C44H26N2OS. The number of thiophene rings is 1. The van der Waals surface area contributed by atoms with Crippen LogP contribution in [0.3, 0.4) is 0 Å². The summed E-state index contributed by atoms with van der Waals surface area (Å²) in [6, 6.07) is 55.4. The summed E-state index contributed by atoms with van der Waals surface area (Å²) >= 11 is 1.75. The number of furan rings is 1. The third-order valence-electron chi connectivity index (χ3n) is 9.27. The van der Waals surface area contributed by atoms with Crippen LogP contribution in [0.2, 0.25) is 0 Å². The maximum atomic E-state index is 6.78. The number of hydrogen-bond donors (Lipinski definition) is 0. The van der Waals surface area contributed by atoms with Crippen LogP contribution in [-0.4, -0.2) is 9.97 Å². The van der Waals surface area contributed by atoms with Gasteiger partial charge in [-0.3, -0.25) is 0 Å². The van der Waals surface area contributed by atoms with E-state index in [1.54, 1.807) is 11.3 Å². The Hall–Kier alpha value is -6.10. The van der Waals surface area contributed by atoms with Crippen LogP contribution >= 0.6 is 11.3 Å². The monoisotopic (exact) mass is 630 g/mol. The second-order valence-corrected chi connectivity index (χ2v) is 13.2. The molecule has 0 aliphatic carbocycles. The van der Waals surface area contributed by atoms with Crippen molar-refractivity contribution in [1.82, 2.24) is 9.97 Å². The lowest BCUT2D eigenvalue weighted by Gasteiger charge is -2.09. The minimum atomic E-state index is 0.682. The number of benzene rings is 7. The fourth-order valence-electron chi connectivity index (χ4n) is 7.00. The van der Waals surface area contributed by atoms with Gasteiger partial charge in [0.1, 0.15) is 11.2 Å². The average molecular weight is 631 g/mol. The largest absolute Gasteiger partial charge is 0.455 e. The summed E-state index contributed by atoms with van der Waals surface area (Å²) in [5, 5.41) is 5.69. The fourth-order valence-corrected chi connectivity index (χ4v) is 8.15. The lowest BCUT2D eigenvalue weighted by atomic mass is 9.95. The van der Waals surface area contributed by atoms with Crippen molar-refractivity contribution in [3.63, 3.8) is 0 Å². The van der Waals surface area contributed by atoms with E-state index in [1.807, 2.05) is 0 Å². The molecule has 0 spiro atoms. The summed E-state index contributed by atoms with van der Waals surface area (Å²) in [7, 11) is 0. The van der Waals surface area contributed by atoms with Gasteiger partial charge in [-0.15, -0.1) is 11.3 Å². The summed E-state index contributed by atoms with van der Waals surface area (Å²) < 4.78 is 9.07. The van der Waals surface area contributed by atoms with Crippen molar-refractivity contribution in [2.75, 3.05) is 0 Å². The van der Waals surface area contributed by atoms with Crippen LogP contribution in [0.1, 0.15) is 0 Å². The summed E-state index contributed by atoms with van der Waals surface area (Å²) in [5.74, 6) is 0.682. The SMILES string of the molecule is c1ccc(-c2cccc(-c3nc(-c4ccc5c(c4)oc4c(-c6ccccc6)c6ccccc6cc45)nc4c3sc3ccccc34)c2)cc1. The number of rotatable bonds is 4. The molecule has 0 fully saturated rings. The Morgan fingerprint density at radius 3 is 2.02 bits per heavy atom. The molecule has 0 saturated carbocycles. The Balaban J connectivity index is 1.21. The van der Waals surface area contributed by atoms with E-state index in [9.17, 15) is 0 Å². The van der Waals surface area contributed by atoms with Gasteiger partial charge in [-0.05, 0) is 57.8 Å². The molecule has 4 heteroatoms. The fraction of sp³-hybridized carbons (Fsp3) is 0. The van der Waals surface area contributed by atoms with Crippen LogP contribution in [0, 0.1) is 0 Å². The van der Waals surface area contributed by atoms with Crippen molar-refractivity contribution in [3.05, 3.63) is 158 Å². The maximum Gasteiger partial charge on any atom is 0.160 e. The molecule has 3 heterocycles. The van der Waals surface area contributed by atoms with Crippen molar-refractivity contribution in [3.8, 4) is 44.9 Å². The number of nitrogens with zero attached hydrogens (tertiary/aromatic N) is 2. The third kappa shape index (κ3) is 4.27. The van der Waals surface area contributed by atoms with Crippen LogP contribution in [-0.2, 0) is 0 Å². The average Bonchev–Trinajstić information content (AvgIpc) is 3.72. The molecule has 0 atom stereocenters. The first-order valence-corrected chi connectivity index (χ1v) is 16.9. The molecule has 0 amide bonds. The standard InChI is InChI=1S/C44H26N2OS/c1-3-12-27(13-4-1)29-17-11-18-31(24-29)40-43-41(35-20-9-10-21-38(35)48-43)46-44(45-40)32-22-23-34-36-25-30-16-7-8-19-33(30)39(28-14-5-2-6-15-28)42(36)47-37(34)26-32/h1-26H. The molecule has 0 saturated heterocycles. The van der Waals surface area contributed by atoms with Gasteiger partial charge in [0.25, 0.3) is 0 Å². The van der Waals surface area contributed by atoms with Gasteiger partial charge >= 0.3 is 0 Å². The van der Waals surface area contributed by atoms with E-state index in [2.05, 4.69) is 158 Å². The highest BCUT2D eigenvalue weighted by Gasteiger charge is 2.20. The Morgan fingerprint density at radius 2 is 1.17 bits per heavy atom. The minimum Gasteiger partial charge on any atom is -0.455 e. The van der Waals surface area contributed by atoms with Crippen molar-refractivity contribution in [2.24, 2.45) is 0 Å². The Labute approximate surface area is 280 Å². The van der Waals surface area contributed by atoms with E-state index in [1.165, 1.54) is 21.0 Å². The molecule has 10 aromatic rings. The van der Waals surface area contributed by atoms with Gasteiger partial charge in [-0.25, -0.2) is 9.97 Å². The maximum absolute atomic E-state index is 6.78. The molecule has 3 nitrogen and oxygen atoms in total. The molecule has 0 aliphatic rings. The molecular weight excluding hydrogens is 605 g/mol. The predicted octanol–water partition coefficient (Wildman–Crippen LogP) is 12.6. The van der Waals surface area contributed by atoms with Crippen molar-refractivity contribution < 1.29 is 4.42 Å². The Kier molecular flexibility index (Phi) is 6.05.